The SMILES string of the molecule is CN(C)Cc1ccc(N2CCN(C(=O)Cn3ccc4c(N)cccc43)CC2)nc1. The molecule has 1 saturated heterocycles. The number of nitrogens with zero attached hydrogens (tertiary/aromatic N) is 5. The number of rotatable bonds is 5. The third-order valence-corrected chi connectivity index (χ3v) is 5.42. The van der Waals surface area contributed by atoms with Crippen molar-refractivity contribution in [3.05, 3.63) is 54.4 Å². The molecule has 0 atom stereocenters. The molecule has 1 fully saturated rings. The molecule has 152 valence electrons. The number of benzene rings is 1. The number of carbonyl (C=O) groups excluding carboxylic acids is 1. The summed E-state index contributed by atoms with van der Waals surface area (Å²) >= 11 is 0. The number of hydrogen-bond donors (Lipinski definition) is 1. The van der Waals surface area contributed by atoms with Gasteiger partial charge >= 0.3 is 0 Å². The van der Waals surface area contributed by atoms with Crippen LogP contribution in [0.1, 0.15) is 5.56 Å². The Morgan fingerprint density at radius 1 is 1.10 bits per heavy atom. The molecule has 2 aromatic heterocycles. The van der Waals surface area contributed by atoms with Crippen molar-refractivity contribution in [2.45, 2.75) is 13.1 Å². The van der Waals surface area contributed by atoms with E-state index < -0.39 is 0 Å². The molecule has 29 heavy (non-hydrogen) atoms. The maximum Gasteiger partial charge on any atom is 0.242 e. The molecule has 1 aromatic carbocycles. The standard InChI is InChI=1S/C22H28N6O/c1-25(2)15-17-6-7-21(24-14-17)26-10-12-27(13-11-26)22(29)16-28-9-8-18-19(23)4-3-5-20(18)28/h3-9,14H,10-13,15-16,23H2,1-2H3. The minimum absolute atomic E-state index is 0.138. The number of aromatic nitrogens is 2. The quantitative estimate of drug-likeness (QED) is 0.673. The van der Waals surface area contributed by atoms with Crippen LogP contribution in [0.5, 0.6) is 0 Å². The Morgan fingerprint density at radius 3 is 2.59 bits per heavy atom. The number of anilines is 2. The average molecular weight is 393 g/mol. The van der Waals surface area contributed by atoms with Crippen molar-refractivity contribution in [3.63, 3.8) is 0 Å². The second-order valence-electron chi connectivity index (χ2n) is 7.85. The molecular formula is C22H28N6O. The lowest BCUT2D eigenvalue weighted by atomic mass is 10.2. The predicted octanol–water partition coefficient (Wildman–Crippen LogP) is 2.03. The summed E-state index contributed by atoms with van der Waals surface area (Å²) in [5, 5.41) is 0.994. The zero-order chi connectivity index (χ0) is 20.4. The van der Waals surface area contributed by atoms with Gasteiger partial charge in [0, 0.05) is 56.2 Å². The molecule has 0 bridgehead atoms. The Labute approximate surface area is 171 Å². The van der Waals surface area contributed by atoms with Gasteiger partial charge in [0.25, 0.3) is 0 Å². The lowest BCUT2D eigenvalue weighted by Crippen LogP contribution is -2.49. The highest BCUT2D eigenvalue weighted by molar-refractivity contribution is 5.92. The molecule has 3 heterocycles. The van der Waals surface area contributed by atoms with Gasteiger partial charge in [0.1, 0.15) is 12.4 Å². The lowest BCUT2D eigenvalue weighted by molar-refractivity contribution is -0.132. The number of nitrogens with two attached hydrogens (primary N) is 1. The molecule has 1 amide bonds. The van der Waals surface area contributed by atoms with Crippen LogP contribution in [0.2, 0.25) is 0 Å². The first kappa shape index (κ1) is 19.3. The highest BCUT2D eigenvalue weighted by Gasteiger charge is 2.22. The molecule has 0 spiro atoms. The highest BCUT2D eigenvalue weighted by Crippen LogP contribution is 2.22. The summed E-state index contributed by atoms with van der Waals surface area (Å²) in [6.45, 7) is 4.23. The highest BCUT2D eigenvalue weighted by atomic mass is 16.2. The molecule has 1 aliphatic heterocycles. The Kier molecular flexibility index (Phi) is 5.40. The van der Waals surface area contributed by atoms with E-state index in [9.17, 15) is 4.79 Å². The molecule has 2 N–H and O–H groups in total. The second kappa shape index (κ2) is 8.13. The van der Waals surface area contributed by atoms with Crippen LogP contribution in [0.15, 0.2) is 48.8 Å². The molecule has 0 unspecified atom stereocenters. The van der Waals surface area contributed by atoms with E-state index in [1.165, 1.54) is 5.56 Å². The van der Waals surface area contributed by atoms with Crippen molar-refractivity contribution in [2.75, 3.05) is 50.9 Å². The lowest BCUT2D eigenvalue weighted by Gasteiger charge is -2.35. The fourth-order valence-electron chi connectivity index (χ4n) is 3.88. The van der Waals surface area contributed by atoms with Gasteiger partial charge in [0.15, 0.2) is 0 Å². The Balaban J connectivity index is 1.35. The molecule has 0 saturated carbocycles. The van der Waals surface area contributed by atoms with Crippen molar-refractivity contribution in [1.29, 1.82) is 0 Å². The molecule has 7 heteroatoms. The van der Waals surface area contributed by atoms with E-state index in [0.29, 0.717) is 19.6 Å². The maximum absolute atomic E-state index is 12.8. The first-order chi connectivity index (χ1) is 14.0. The number of nitrogen functional groups attached to an aromatic ring is 1. The normalized spacial score (nSPS) is 14.7. The summed E-state index contributed by atoms with van der Waals surface area (Å²) in [6, 6.07) is 12.0. The molecule has 3 aromatic rings. The zero-order valence-electron chi connectivity index (χ0n) is 17.1. The first-order valence-corrected chi connectivity index (χ1v) is 9.97. The van der Waals surface area contributed by atoms with Crippen molar-refractivity contribution in [3.8, 4) is 0 Å². The smallest absolute Gasteiger partial charge is 0.242 e. The van der Waals surface area contributed by atoms with E-state index in [-0.39, 0.29) is 5.91 Å². The van der Waals surface area contributed by atoms with Gasteiger partial charge in [-0.2, -0.15) is 0 Å². The molecule has 0 aliphatic carbocycles. The van der Waals surface area contributed by atoms with Crippen LogP contribution >= 0.6 is 0 Å². The van der Waals surface area contributed by atoms with Gasteiger partial charge in [0.05, 0.1) is 5.52 Å². The summed E-state index contributed by atoms with van der Waals surface area (Å²) in [4.78, 5) is 23.7. The van der Waals surface area contributed by atoms with Crippen molar-refractivity contribution in [2.24, 2.45) is 0 Å². The fraction of sp³-hybridized carbons (Fsp3) is 0.364. The van der Waals surface area contributed by atoms with Crippen LogP contribution in [-0.2, 0) is 17.9 Å². The van der Waals surface area contributed by atoms with Crippen molar-refractivity contribution < 1.29 is 4.79 Å². The number of carbonyl (C=O) groups is 1. The van der Waals surface area contributed by atoms with Crippen molar-refractivity contribution >= 4 is 28.3 Å². The van der Waals surface area contributed by atoms with Gasteiger partial charge in [0.2, 0.25) is 5.91 Å². The Morgan fingerprint density at radius 2 is 1.90 bits per heavy atom. The summed E-state index contributed by atoms with van der Waals surface area (Å²) in [5.41, 5.74) is 8.97. The second-order valence-corrected chi connectivity index (χ2v) is 7.85. The van der Waals surface area contributed by atoms with Crippen molar-refractivity contribution in [1.82, 2.24) is 19.4 Å². The van der Waals surface area contributed by atoms with Gasteiger partial charge in [-0.15, -0.1) is 0 Å². The summed E-state index contributed by atoms with van der Waals surface area (Å²) in [5.74, 6) is 1.12. The van der Waals surface area contributed by atoms with E-state index in [1.54, 1.807) is 0 Å². The zero-order valence-corrected chi connectivity index (χ0v) is 17.1. The summed E-state index contributed by atoms with van der Waals surface area (Å²) in [6.07, 6.45) is 3.88. The molecular weight excluding hydrogens is 364 g/mol. The molecule has 7 nitrogen and oxygen atoms in total. The van der Waals surface area contributed by atoms with Gasteiger partial charge < -0.3 is 25.0 Å². The largest absolute Gasteiger partial charge is 0.398 e. The van der Waals surface area contributed by atoms with Crippen LogP contribution in [0.4, 0.5) is 11.5 Å². The van der Waals surface area contributed by atoms with Crippen LogP contribution in [-0.4, -0.2) is 65.5 Å². The summed E-state index contributed by atoms with van der Waals surface area (Å²) in [7, 11) is 4.10. The predicted molar refractivity (Wildman–Crippen MR) is 117 cm³/mol. The molecule has 4 rings (SSSR count). The monoisotopic (exact) mass is 392 g/mol. The topological polar surface area (TPSA) is 70.6 Å². The number of pyridine rings is 1. The van der Waals surface area contributed by atoms with Crippen LogP contribution in [0, 0.1) is 0 Å². The number of fused-ring (bicyclic) bond motifs is 1. The van der Waals surface area contributed by atoms with E-state index >= 15 is 0 Å². The third-order valence-electron chi connectivity index (χ3n) is 5.42. The average Bonchev–Trinajstić information content (AvgIpc) is 3.12. The van der Waals surface area contributed by atoms with E-state index in [0.717, 1.165) is 42.0 Å². The van der Waals surface area contributed by atoms with Gasteiger partial charge in [-0.05, 0) is 43.9 Å². The minimum Gasteiger partial charge on any atom is -0.398 e. The van der Waals surface area contributed by atoms with Crippen LogP contribution < -0.4 is 10.6 Å². The van der Waals surface area contributed by atoms with E-state index in [1.807, 2.05) is 46.1 Å². The minimum atomic E-state index is 0.138. The fourth-order valence-corrected chi connectivity index (χ4v) is 3.88. The Hall–Kier alpha value is -3.06. The number of hydrogen-bond acceptors (Lipinski definition) is 5. The van der Waals surface area contributed by atoms with Crippen LogP contribution in [0.25, 0.3) is 10.9 Å². The number of amides is 1. The van der Waals surface area contributed by atoms with Gasteiger partial charge in [-0.25, -0.2) is 4.98 Å². The van der Waals surface area contributed by atoms with Gasteiger partial charge in [-0.3, -0.25) is 4.79 Å². The maximum atomic E-state index is 12.8. The first-order valence-electron chi connectivity index (χ1n) is 9.97. The van der Waals surface area contributed by atoms with Crippen LogP contribution in [0.3, 0.4) is 0 Å². The van der Waals surface area contributed by atoms with Gasteiger partial charge in [-0.1, -0.05) is 12.1 Å². The number of piperazine rings is 1. The Bertz CT molecular complexity index is 986. The van der Waals surface area contributed by atoms with E-state index in [2.05, 4.69) is 41.0 Å². The third kappa shape index (κ3) is 4.19. The molecule has 1 aliphatic rings. The van der Waals surface area contributed by atoms with E-state index in [4.69, 9.17) is 5.73 Å². The molecule has 0 radical (unpaired) electrons. The summed E-state index contributed by atoms with van der Waals surface area (Å²) < 4.78 is 1.98.